The molecule has 1 unspecified atom stereocenters. The van der Waals surface area contributed by atoms with Crippen LogP contribution in [-0.4, -0.2) is 0 Å². The van der Waals surface area contributed by atoms with Crippen LogP contribution in [0.25, 0.3) is 0 Å². The number of hydrogen-bond donors (Lipinski definition) is 1. The molecule has 0 aromatic heterocycles. The van der Waals surface area contributed by atoms with Gasteiger partial charge in [0.15, 0.2) is 0 Å². The lowest BCUT2D eigenvalue weighted by atomic mass is 9.99. The fourth-order valence-electron chi connectivity index (χ4n) is 1.18. The van der Waals surface area contributed by atoms with E-state index in [1.165, 1.54) is 0 Å². The van der Waals surface area contributed by atoms with Crippen molar-refractivity contribution in [3.05, 3.63) is 37.1 Å². The Bertz CT molecular complexity index is 168. The van der Waals surface area contributed by atoms with E-state index >= 15 is 0 Å². The zero-order chi connectivity index (χ0) is 9.94. The minimum Gasteiger partial charge on any atom is -0.405 e. The standard InChI is InChI=1S/C12H21N/c1-3-5-6-9-12(4-2)10-7-8-11-13/h4-6,8,11-12H,2-3,7,9-10,13H2,1H3/b6-5-,11-8+. The summed E-state index contributed by atoms with van der Waals surface area (Å²) in [5.74, 6) is 0.596. The minimum absolute atomic E-state index is 0.596. The first-order valence-corrected chi connectivity index (χ1v) is 4.99. The zero-order valence-electron chi connectivity index (χ0n) is 8.58. The van der Waals surface area contributed by atoms with Crippen LogP contribution in [0.15, 0.2) is 37.1 Å². The summed E-state index contributed by atoms with van der Waals surface area (Å²) < 4.78 is 0. The molecule has 0 bridgehead atoms. The van der Waals surface area contributed by atoms with Crippen LogP contribution in [0.1, 0.15) is 32.6 Å². The van der Waals surface area contributed by atoms with Gasteiger partial charge in [-0.25, -0.2) is 0 Å². The van der Waals surface area contributed by atoms with Crippen LogP contribution in [0, 0.1) is 5.92 Å². The molecule has 0 aliphatic rings. The van der Waals surface area contributed by atoms with E-state index in [9.17, 15) is 0 Å². The Morgan fingerprint density at radius 2 is 2.08 bits per heavy atom. The molecule has 0 aromatic rings. The maximum atomic E-state index is 5.26. The van der Waals surface area contributed by atoms with Gasteiger partial charge < -0.3 is 5.73 Å². The lowest BCUT2D eigenvalue weighted by Crippen LogP contribution is -1.93. The van der Waals surface area contributed by atoms with Crippen molar-refractivity contribution in [2.24, 2.45) is 11.7 Å². The van der Waals surface area contributed by atoms with Gasteiger partial charge in [0.25, 0.3) is 0 Å². The first kappa shape index (κ1) is 12.0. The van der Waals surface area contributed by atoms with E-state index in [0.29, 0.717) is 5.92 Å². The second-order valence-electron chi connectivity index (χ2n) is 3.12. The van der Waals surface area contributed by atoms with Crippen molar-refractivity contribution in [3.63, 3.8) is 0 Å². The first-order valence-electron chi connectivity index (χ1n) is 4.99. The Labute approximate surface area is 82.0 Å². The summed E-state index contributed by atoms with van der Waals surface area (Å²) in [5, 5.41) is 0. The molecule has 13 heavy (non-hydrogen) atoms. The van der Waals surface area contributed by atoms with Gasteiger partial charge in [0.05, 0.1) is 0 Å². The molecule has 0 heterocycles. The summed E-state index contributed by atoms with van der Waals surface area (Å²) in [7, 11) is 0. The van der Waals surface area contributed by atoms with Gasteiger partial charge in [0, 0.05) is 0 Å². The van der Waals surface area contributed by atoms with E-state index < -0.39 is 0 Å². The van der Waals surface area contributed by atoms with Gasteiger partial charge in [-0.3, -0.25) is 0 Å². The minimum atomic E-state index is 0.596. The monoisotopic (exact) mass is 179 g/mol. The molecular formula is C12H21N. The molecule has 0 aliphatic carbocycles. The Morgan fingerprint density at radius 3 is 2.62 bits per heavy atom. The summed E-state index contributed by atoms with van der Waals surface area (Å²) >= 11 is 0. The van der Waals surface area contributed by atoms with Crippen LogP contribution in [-0.2, 0) is 0 Å². The van der Waals surface area contributed by atoms with Crippen LogP contribution < -0.4 is 5.73 Å². The van der Waals surface area contributed by atoms with Gasteiger partial charge in [-0.2, -0.15) is 0 Å². The molecule has 1 heteroatoms. The summed E-state index contributed by atoms with van der Waals surface area (Å²) in [6.07, 6.45) is 14.5. The van der Waals surface area contributed by atoms with Crippen molar-refractivity contribution in [2.75, 3.05) is 0 Å². The van der Waals surface area contributed by atoms with Crippen molar-refractivity contribution in [1.82, 2.24) is 0 Å². The van der Waals surface area contributed by atoms with Crippen molar-refractivity contribution in [3.8, 4) is 0 Å². The van der Waals surface area contributed by atoms with Gasteiger partial charge in [-0.05, 0) is 37.8 Å². The fraction of sp³-hybridized carbons (Fsp3) is 0.500. The largest absolute Gasteiger partial charge is 0.405 e. The van der Waals surface area contributed by atoms with Crippen LogP contribution >= 0.6 is 0 Å². The molecule has 1 atom stereocenters. The van der Waals surface area contributed by atoms with E-state index in [1.807, 2.05) is 12.2 Å². The van der Waals surface area contributed by atoms with Crippen LogP contribution in [0.5, 0.6) is 0 Å². The molecule has 74 valence electrons. The highest BCUT2D eigenvalue weighted by Crippen LogP contribution is 2.13. The maximum absolute atomic E-state index is 5.26. The molecule has 0 amide bonds. The van der Waals surface area contributed by atoms with E-state index in [2.05, 4.69) is 25.7 Å². The van der Waals surface area contributed by atoms with Gasteiger partial charge >= 0.3 is 0 Å². The fourth-order valence-corrected chi connectivity index (χ4v) is 1.18. The third-order valence-electron chi connectivity index (χ3n) is 2.01. The van der Waals surface area contributed by atoms with Gasteiger partial charge in [0.2, 0.25) is 0 Å². The Hall–Kier alpha value is -0.980. The SMILES string of the molecule is C=CC(C/C=C\CC)CC/C=C/N. The second kappa shape index (κ2) is 9.11. The smallest absolute Gasteiger partial charge is 0.0103 e. The van der Waals surface area contributed by atoms with E-state index in [-0.39, 0.29) is 0 Å². The molecule has 0 aliphatic heterocycles. The quantitative estimate of drug-likeness (QED) is 0.596. The van der Waals surface area contributed by atoms with Crippen molar-refractivity contribution in [2.45, 2.75) is 32.6 Å². The Balaban J connectivity index is 3.62. The summed E-state index contributed by atoms with van der Waals surface area (Å²) in [5.41, 5.74) is 5.26. The van der Waals surface area contributed by atoms with E-state index in [0.717, 1.165) is 25.7 Å². The number of nitrogens with two attached hydrogens (primary N) is 1. The van der Waals surface area contributed by atoms with Crippen LogP contribution in [0.4, 0.5) is 0 Å². The highest BCUT2D eigenvalue weighted by molar-refractivity contribution is 4.90. The molecule has 0 saturated heterocycles. The molecule has 0 radical (unpaired) electrons. The van der Waals surface area contributed by atoms with Gasteiger partial charge in [0.1, 0.15) is 0 Å². The molecule has 2 N–H and O–H groups in total. The summed E-state index contributed by atoms with van der Waals surface area (Å²) in [4.78, 5) is 0. The predicted molar refractivity (Wildman–Crippen MR) is 60.3 cm³/mol. The van der Waals surface area contributed by atoms with Crippen molar-refractivity contribution >= 4 is 0 Å². The summed E-state index contributed by atoms with van der Waals surface area (Å²) in [6.45, 7) is 5.98. The number of allylic oxidation sites excluding steroid dienone is 4. The molecule has 0 fully saturated rings. The Morgan fingerprint density at radius 1 is 1.31 bits per heavy atom. The van der Waals surface area contributed by atoms with Crippen LogP contribution in [0.2, 0.25) is 0 Å². The highest BCUT2D eigenvalue weighted by Gasteiger charge is 1.99. The van der Waals surface area contributed by atoms with Crippen molar-refractivity contribution in [1.29, 1.82) is 0 Å². The molecule has 0 aromatic carbocycles. The predicted octanol–water partition coefficient (Wildman–Crippen LogP) is 3.40. The van der Waals surface area contributed by atoms with Crippen molar-refractivity contribution < 1.29 is 0 Å². The molecular weight excluding hydrogens is 158 g/mol. The van der Waals surface area contributed by atoms with Crippen LogP contribution in [0.3, 0.4) is 0 Å². The second-order valence-corrected chi connectivity index (χ2v) is 3.12. The molecule has 0 spiro atoms. The normalized spacial score (nSPS) is 13.9. The lowest BCUT2D eigenvalue weighted by Gasteiger charge is -2.06. The van der Waals surface area contributed by atoms with E-state index in [1.54, 1.807) is 6.20 Å². The third kappa shape index (κ3) is 7.38. The maximum Gasteiger partial charge on any atom is -0.0103 e. The topological polar surface area (TPSA) is 26.0 Å². The van der Waals surface area contributed by atoms with Gasteiger partial charge in [-0.15, -0.1) is 6.58 Å². The average Bonchev–Trinajstić information content (AvgIpc) is 2.16. The molecule has 0 rings (SSSR count). The molecule has 1 nitrogen and oxygen atoms in total. The van der Waals surface area contributed by atoms with E-state index in [4.69, 9.17) is 5.73 Å². The average molecular weight is 179 g/mol. The number of rotatable bonds is 7. The Kier molecular flexibility index (Phi) is 8.42. The highest BCUT2D eigenvalue weighted by atomic mass is 14.5. The number of hydrogen-bond acceptors (Lipinski definition) is 1. The van der Waals surface area contributed by atoms with Gasteiger partial charge in [-0.1, -0.05) is 31.2 Å². The summed E-state index contributed by atoms with van der Waals surface area (Å²) in [6, 6.07) is 0. The third-order valence-corrected chi connectivity index (χ3v) is 2.01. The molecule has 0 saturated carbocycles. The lowest BCUT2D eigenvalue weighted by molar-refractivity contribution is 0.607. The first-order chi connectivity index (χ1) is 6.35. The zero-order valence-corrected chi connectivity index (χ0v) is 8.58.